The molecule has 1 aliphatic rings. The second-order valence-corrected chi connectivity index (χ2v) is 2.93. The summed E-state index contributed by atoms with van der Waals surface area (Å²) in [4.78, 5) is 4.77. The van der Waals surface area contributed by atoms with E-state index in [-0.39, 0.29) is 0 Å². The van der Waals surface area contributed by atoms with E-state index >= 15 is 0 Å². The van der Waals surface area contributed by atoms with Crippen molar-refractivity contribution in [2.75, 3.05) is 46.3 Å². The molecule has 74 valence electrons. The van der Waals surface area contributed by atoms with Crippen LogP contribution in [0.2, 0.25) is 0 Å². The minimum atomic E-state index is 0.795. The molecule has 0 amide bonds. The zero-order valence-corrected chi connectivity index (χ0v) is 8.71. The van der Waals surface area contributed by atoms with E-state index in [1.807, 2.05) is 13.8 Å². The van der Waals surface area contributed by atoms with Crippen LogP contribution in [-0.4, -0.2) is 56.1 Å². The van der Waals surface area contributed by atoms with Crippen LogP contribution in [-0.2, 0) is 0 Å². The van der Waals surface area contributed by atoms with Gasteiger partial charge in [0, 0.05) is 39.3 Å². The molecule has 3 heteroatoms. The highest BCUT2D eigenvalue weighted by Crippen LogP contribution is 1.96. The monoisotopic (exact) mass is 173 g/mol. The van der Waals surface area contributed by atoms with Crippen molar-refractivity contribution in [3.05, 3.63) is 0 Å². The second-order valence-electron chi connectivity index (χ2n) is 2.93. The molecule has 0 radical (unpaired) electrons. The van der Waals surface area contributed by atoms with Crippen molar-refractivity contribution in [1.29, 1.82) is 0 Å². The molecule has 3 nitrogen and oxygen atoms in total. The van der Waals surface area contributed by atoms with Gasteiger partial charge in [0.25, 0.3) is 0 Å². The van der Waals surface area contributed by atoms with Crippen molar-refractivity contribution in [3.8, 4) is 0 Å². The van der Waals surface area contributed by atoms with E-state index in [0.717, 1.165) is 13.1 Å². The maximum absolute atomic E-state index is 5.44. The Morgan fingerprint density at radius 3 is 2.00 bits per heavy atom. The van der Waals surface area contributed by atoms with Gasteiger partial charge in [0.15, 0.2) is 0 Å². The molecule has 1 rings (SSSR count). The van der Waals surface area contributed by atoms with Crippen molar-refractivity contribution in [1.82, 2.24) is 9.80 Å². The van der Waals surface area contributed by atoms with E-state index in [1.165, 1.54) is 26.2 Å². The third-order valence-electron chi connectivity index (χ3n) is 2.04. The highest BCUT2D eigenvalue weighted by atomic mass is 15.2. The Bertz CT molecular complexity index is 87.8. The van der Waals surface area contributed by atoms with Gasteiger partial charge >= 0.3 is 0 Å². The maximum Gasteiger partial charge on any atom is 0.0110 e. The average Bonchev–Trinajstić information content (AvgIpc) is 2.13. The van der Waals surface area contributed by atoms with Gasteiger partial charge in [0.2, 0.25) is 0 Å². The normalized spacial score (nSPS) is 20.0. The predicted octanol–water partition coefficient (Wildman–Crippen LogP) is 0.219. The predicted molar refractivity (Wildman–Crippen MR) is 54.3 cm³/mol. The summed E-state index contributed by atoms with van der Waals surface area (Å²) >= 11 is 0. The molecule has 1 fully saturated rings. The molecular weight excluding hydrogens is 150 g/mol. The van der Waals surface area contributed by atoms with Gasteiger partial charge in [-0.25, -0.2) is 0 Å². The first-order chi connectivity index (χ1) is 5.83. The summed E-state index contributed by atoms with van der Waals surface area (Å²) in [6.07, 6.45) is 0. The number of nitrogens with zero attached hydrogens (tertiary/aromatic N) is 2. The highest BCUT2D eigenvalue weighted by molar-refractivity contribution is 4.68. The SMILES string of the molecule is CC.CN1CCN(CCN)CC1. The lowest BCUT2D eigenvalue weighted by molar-refractivity contribution is 0.157. The summed E-state index contributed by atoms with van der Waals surface area (Å²) < 4.78 is 0. The highest BCUT2D eigenvalue weighted by Gasteiger charge is 2.11. The Morgan fingerprint density at radius 1 is 1.08 bits per heavy atom. The molecule has 12 heavy (non-hydrogen) atoms. The average molecular weight is 173 g/mol. The molecule has 0 aromatic carbocycles. The Morgan fingerprint density at radius 2 is 1.58 bits per heavy atom. The Balaban J connectivity index is 0.000000561. The molecule has 0 aromatic heterocycles. The van der Waals surface area contributed by atoms with Gasteiger partial charge in [0.05, 0.1) is 0 Å². The van der Waals surface area contributed by atoms with Crippen molar-refractivity contribution < 1.29 is 0 Å². The summed E-state index contributed by atoms with van der Waals surface area (Å²) in [6.45, 7) is 10.6. The number of piperazine rings is 1. The molecule has 0 saturated carbocycles. The van der Waals surface area contributed by atoms with Crippen LogP contribution >= 0.6 is 0 Å². The summed E-state index contributed by atoms with van der Waals surface area (Å²) in [7, 11) is 2.17. The summed E-state index contributed by atoms with van der Waals surface area (Å²) in [5, 5.41) is 0. The van der Waals surface area contributed by atoms with E-state index in [0.29, 0.717) is 0 Å². The zero-order valence-electron chi connectivity index (χ0n) is 8.71. The molecule has 0 unspecified atom stereocenters. The number of likely N-dealkylation sites (N-methyl/N-ethyl adjacent to an activating group) is 1. The first kappa shape index (κ1) is 11.9. The molecule has 0 bridgehead atoms. The summed E-state index contributed by atoms with van der Waals surface area (Å²) in [5.74, 6) is 0. The Kier molecular flexibility index (Phi) is 7.45. The van der Waals surface area contributed by atoms with Crippen molar-refractivity contribution >= 4 is 0 Å². The van der Waals surface area contributed by atoms with E-state index in [2.05, 4.69) is 16.8 Å². The van der Waals surface area contributed by atoms with Crippen LogP contribution in [0, 0.1) is 0 Å². The van der Waals surface area contributed by atoms with Gasteiger partial charge in [-0.3, -0.25) is 4.90 Å². The first-order valence-corrected chi connectivity index (χ1v) is 4.94. The number of hydrogen-bond acceptors (Lipinski definition) is 3. The van der Waals surface area contributed by atoms with Crippen LogP contribution in [0.4, 0.5) is 0 Å². The van der Waals surface area contributed by atoms with Gasteiger partial charge in [-0.05, 0) is 7.05 Å². The minimum absolute atomic E-state index is 0.795. The fraction of sp³-hybridized carbons (Fsp3) is 1.00. The second kappa shape index (κ2) is 7.53. The van der Waals surface area contributed by atoms with E-state index < -0.39 is 0 Å². The molecule has 0 atom stereocenters. The molecule has 1 heterocycles. The summed E-state index contributed by atoms with van der Waals surface area (Å²) in [6, 6.07) is 0. The standard InChI is InChI=1S/C7H17N3.C2H6/c1-9-4-6-10(3-2-8)7-5-9;1-2/h2-8H2,1H3;1-2H3. The van der Waals surface area contributed by atoms with Crippen molar-refractivity contribution in [3.63, 3.8) is 0 Å². The van der Waals surface area contributed by atoms with Gasteiger partial charge in [-0.2, -0.15) is 0 Å². The quantitative estimate of drug-likeness (QED) is 0.648. The van der Waals surface area contributed by atoms with Crippen molar-refractivity contribution in [2.45, 2.75) is 13.8 Å². The third-order valence-corrected chi connectivity index (χ3v) is 2.04. The number of nitrogens with two attached hydrogens (primary N) is 1. The molecule has 2 N–H and O–H groups in total. The maximum atomic E-state index is 5.44. The fourth-order valence-corrected chi connectivity index (χ4v) is 1.25. The van der Waals surface area contributed by atoms with Crippen LogP contribution < -0.4 is 5.73 Å². The summed E-state index contributed by atoms with van der Waals surface area (Å²) in [5.41, 5.74) is 5.44. The van der Waals surface area contributed by atoms with Crippen LogP contribution in [0.25, 0.3) is 0 Å². The third kappa shape index (κ3) is 4.70. The largest absolute Gasteiger partial charge is 0.329 e. The Labute approximate surface area is 76.5 Å². The fourth-order valence-electron chi connectivity index (χ4n) is 1.25. The number of rotatable bonds is 2. The van der Waals surface area contributed by atoms with Gasteiger partial charge in [0.1, 0.15) is 0 Å². The molecule has 1 aliphatic heterocycles. The molecule has 0 aromatic rings. The van der Waals surface area contributed by atoms with E-state index in [4.69, 9.17) is 5.73 Å². The van der Waals surface area contributed by atoms with Gasteiger partial charge in [-0.15, -0.1) is 0 Å². The number of hydrogen-bond donors (Lipinski definition) is 1. The molecule has 0 spiro atoms. The van der Waals surface area contributed by atoms with Gasteiger partial charge in [-0.1, -0.05) is 13.8 Å². The van der Waals surface area contributed by atoms with E-state index in [1.54, 1.807) is 0 Å². The van der Waals surface area contributed by atoms with Crippen LogP contribution in [0.5, 0.6) is 0 Å². The lowest BCUT2D eigenvalue weighted by atomic mass is 10.3. The molecule has 0 aliphatic carbocycles. The minimum Gasteiger partial charge on any atom is -0.329 e. The first-order valence-electron chi connectivity index (χ1n) is 4.94. The zero-order chi connectivity index (χ0) is 9.40. The van der Waals surface area contributed by atoms with Crippen LogP contribution in [0.15, 0.2) is 0 Å². The smallest absolute Gasteiger partial charge is 0.0110 e. The lowest BCUT2D eigenvalue weighted by Crippen LogP contribution is -2.45. The topological polar surface area (TPSA) is 32.5 Å². The van der Waals surface area contributed by atoms with Crippen molar-refractivity contribution in [2.24, 2.45) is 5.73 Å². The lowest BCUT2D eigenvalue weighted by Gasteiger charge is -2.31. The molecular formula is C9H23N3. The van der Waals surface area contributed by atoms with E-state index in [9.17, 15) is 0 Å². The van der Waals surface area contributed by atoms with Gasteiger partial charge < -0.3 is 10.6 Å². The van der Waals surface area contributed by atoms with Crippen LogP contribution in [0.3, 0.4) is 0 Å². The van der Waals surface area contributed by atoms with Crippen LogP contribution in [0.1, 0.15) is 13.8 Å². The molecule has 1 saturated heterocycles. The Hall–Kier alpha value is -0.120.